The van der Waals surface area contributed by atoms with Crippen LogP contribution in [0.5, 0.6) is 0 Å². The Morgan fingerprint density at radius 2 is 1.80 bits per heavy atom. The molecule has 136 valence electrons. The molecule has 0 aromatic heterocycles. The van der Waals surface area contributed by atoms with Crippen LogP contribution in [0, 0.1) is 17.7 Å². The van der Waals surface area contributed by atoms with Crippen molar-refractivity contribution in [1.82, 2.24) is 5.32 Å². The molecule has 6 heteroatoms. The number of ether oxygens (including phenoxy) is 1. The lowest BCUT2D eigenvalue weighted by Crippen LogP contribution is -2.38. The van der Waals surface area contributed by atoms with Crippen LogP contribution in [0.4, 0.5) is 10.1 Å². The minimum Gasteiger partial charge on any atom is -0.376 e. The number of rotatable bonds is 5. The van der Waals surface area contributed by atoms with Crippen molar-refractivity contribution in [1.29, 1.82) is 0 Å². The second-order valence-corrected chi connectivity index (χ2v) is 6.93. The summed E-state index contributed by atoms with van der Waals surface area (Å²) < 4.78 is 18.7. The van der Waals surface area contributed by atoms with E-state index >= 15 is 0 Å². The molecule has 0 radical (unpaired) electrons. The van der Waals surface area contributed by atoms with Crippen LogP contribution in [0.2, 0.25) is 0 Å². The van der Waals surface area contributed by atoms with Crippen molar-refractivity contribution in [2.75, 3.05) is 18.5 Å². The highest BCUT2D eigenvalue weighted by Crippen LogP contribution is 2.30. The molecule has 0 bridgehead atoms. The highest BCUT2D eigenvalue weighted by Gasteiger charge is 2.30. The second kappa shape index (κ2) is 8.43. The average molecular weight is 348 g/mol. The van der Waals surface area contributed by atoms with Crippen LogP contribution in [-0.4, -0.2) is 31.1 Å². The predicted octanol–water partition coefficient (Wildman–Crippen LogP) is 2.87. The first-order chi connectivity index (χ1) is 12.1. The number of hydrogen-bond donors (Lipinski definition) is 2. The van der Waals surface area contributed by atoms with Crippen LogP contribution in [0.15, 0.2) is 24.3 Å². The first-order valence-corrected chi connectivity index (χ1v) is 9.07. The van der Waals surface area contributed by atoms with E-state index in [4.69, 9.17) is 4.74 Å². The molecule has 2 aliphatic rings. The molecular formula is C19H25FN2O3. The number of carbonyl (C=O) groups is 2. The fraction of sp³-hybridized carbons (Fsp3) is 0.579. The third-order valence-corrected chi connectivity index (χ3v) is 5.09. The molecule has 0 spiro atoms. The van der Waals surface area contributed by atoms with Gasteiger partial charge in [-0.3, -0.25) is 9.59 Å². The standard InChI is InChI=1S/C19H25FN2O3/c20-15-3-1-4-16(11-15)22-19(24)14-8-6-13(7-9-14)18(23)21-12-17-5-2-10-25-17/h1,3-4,11,13-14,17H,2,5-10,12H2,(H,21,23)(H,22,24). The summed E-state index contributed by atoms with van der Waals surface area (Å²) in [4.78, 5) is 24.6. The molecule has 2 fully saturated rings. The van der Waals surface area contributed by atoms with Gasteiger partial charge in [0, 0.05) is 30.7 Å². The molecular weight excluding hydrogens is 323 g/mol. The van der Waals surface area contributed by atoms with Gasteiger partial charge in [0.15, 0.2) is 0 Å². The summed E-state index contributed by atoms with van der Waals surface area (Å²) in [5.41, 5.74) is 0.474. The largest absolute Gasteiger partial charge is 0.376 e. The van der Waals surface area contributed by atoms with Crippen LogP contribution >= 0.6 is 0 Å². The monoisotopic (exact) mass is 348 g/mol. The van der Waals surface area contributed by atoms with E-state index in [0.29, 0.717) is 37.9 Å². The molecule has 25 heavy (non-hydrogen) atoms. The zero-order chi connectivity index (χ0) is 17.6. The molecule has 2 amide bonds. The topological polar surface area (TPSA) is 67.4 Å². The van der Waals surface area contributed by atoms with Gasteiger partial charge in [-0.1, -0.05) is 6.07 Å². The summed E-state index contributed by atoms with van der Waals surface area (Å²) in [6.07, 6.45) is 4.99. The Hall–Kier alpha value is -1.95. The fourth-order valence-electron chi connectivity index (χ4n) is 3.59. The van der Waals surface area contributed by atoms with E-state index in [0.717, 1.165) is 19.4 Å². The molecule has 1 unspecified atom stereocenters. The van der Waals surface area contributed by atoms with Crippen LogP contribution < -0.4 is 10.6 Å². The Balaban J connectivity index is 1.41. The minimum absolute atomic E-state index is 0.0281. The maximum absolute atomic E-state index is 13.2. The molecule has 1 atom stereocenters. The SMILES string of the molecule is O=C(NCC1CCCO1)C1CCC(C(=O)Nc2cccc(F)c2)CC1. The maximum atomic E-state index is 13.2. The Labute approximate surface area is 147 Å². The van der Waals surface area contributed by atoms with Crippen molar-refractivity contribution >= 4 is 17.5 Å². The van der Waals surface area contributed by atoms with Gasteiger partial charge in [-0.05, 0) is 56.7 Å². The first kappa shape index (κ1) is 17.9. The summed E-state index contributed by atoms with van der Waals surface area (Å²) in [5, 5.41) is 5.74. The predicted molar refractivity (Wildman–Crippen MR) is 92.5 cm³/mol. The molecule has 1 aliphatic carbocycles. The smallest absolute Gasteiger partial charge is 0.227 e. The molecule has 3 rings (SSSR count). The van der Waals surface area contributed by atoms with Gasteiger partial charge in [0.25, 0.3) is 0 Å². The molecule has 1 saturated carbocycles. The highest BCUT2D eigenvalue weighted by molar-refractivity contribution is 5.92. The maximum Gasteiger partial charge on any atom is 0.227 e. The van der Waals surface area contributed by atoms with E-state index in [1.807, 2.05) is 0 Å². The summed E-state index contributed by atoms with van der Waals surface area (Å²) in [7, 11) is 0. The Morgan fingerprint density at radius 3 is 2.44 bits per heavy atom. The van der Waals surface area contributed by atoms with E-state index in [2.05, 4.69) is 10.6 Å². The third-order valence-electron chi connectivity index (χ3n) is 5.09. The van der Waals surface area contributed by atoms with Gasteiger partial charge < -0.3 is 15.4 Å². The fourth-order valence-corrected chi connectivity index (χ4v) is 3.59. The lowest BCUT2D eigenvalue weighted by Gasteiger charge is -2.27. The third kappa shape index (κ3) is 5.01. The zero-order valence-corrected chi connectivity index (χ0v) is 14.3. The van der Waals surface area contributed by atoms with Gasteiger partial charge in [-0.2, -0.15) is 0 Å². The lowest BCUT2D eigenvalue weighted by atomic mass is 9.81. The lowest BCUT2D eigenvalue weighted by molar-refractivity contribution is -0.128. The van der Waals surface area contributed by atoms with E-state index < -0.39 is 0 Å². The highest BCUT2D eigenvalue weighted by atomic mass is 19.1. The van der Waals surface area contributed by atoms with Crippen molar-refractivity contribution in [3.63, 3.8) is 0 Å². The number of halogens is 1. The Bertz CT molecular complexity index is 608. The summed E-state index contributed by atoms with van der Waals surface area (Å²) in [6.45, 7) is 1.37. The van der Waals surface area contributed by atoms with Crippen molar-refractivity contribution in [2.45, 2.75) is 44.6 Å². The number of anilines is 1. The normalized spacial score (nSPS) is 26.2. The van der Waals surface area contributed by atoms with Crippen molar-refractivity contribution in [3.8, 4) is 0 Å². The second-order valence-electron chi connectivity index (χ2n) is 6.93. The molecule has 1 aromatic rings. The molecule has 5 nitrogen and oxygen atoms in total. The zero-order valence-electron chi connectivity index (χ0n) is 14.3. The summed E-state index contributed by atoms with van der Waals surface area (Å²) >= 11 is 0. The Morgan fingerprint density at radius 1 is 1.08 bits per heavy atom. The van der Waals surface area contributed by atoms with Crippen LogP contribution in [0.1, 0.15) is 38.5 Å². The van der Waals surface area contributed by atoms with Crippen LogP contribution in [0.25, 0.3) is 0 Å². The van der Waals surface area contributed by atoms with E-state index in [9.17, 15) is 14.0 Å². The summed E-state index contributed by atoms with van der Waals surface area (Å²) in [5.74, 6) is -0.544. The van der Waals surface area contributed by atoms with E-state index in [-0.39, 0.29) is 35.6 Å². The number of carbonyl (C=O) groups excluding carboxylic acids is 2. The van der Waals surface area contributed by atoms with Gasteiger partial charge in [-0.25, -0.2) is 4.39 Å². The van der Waals surface area contributed by atoms with Crippen LogP contribution in [-0.2, 0) is 14.3 Å². The van der Waals surface area contributed by atoms with Crippen molar-refractivity contribution < 1.29 is 18.7 Å². The number of amides is 2. The molecule has 1 heterocycles. The summed E-state index contributed by atoms with van der Waals surface area (Å²) in [6, 6.07) is 5.89. The van der Waals surface area contributed by atoms with Crippen molar-refractivity contribution in [2.24, 2.45) is 11.8 Å². The molecule has 1 saturated heterocycles. The first-order valence-electron chi connectivity index (χ1n) is 9.07. The van der Waals surface area contributed by atoms with Gasteiger partial charge >= 0.3 is 0 Å². The quantitative estimate of drug-likeness (QED) is 0.860. The van der Waals surface area contributed by atoms with Crippen molar-refractivity contribution in [3.05, 3.63) is 30.1 Å². The molecule has 2 N–H and O–H groups in total. The van der Waals surface area contributed by atoms with Gasteiger partial charge in [0.05, 0.1) is 6.10 Å². The molecule has 1 aromatic carbocycles. The van der Waals surface area contributed by atoms with Gasteiger partial charge in [0.2, 0.25) is 11.8 Å². The Kier molecular flexibility index (Phi) is 6.02. The molecule has 1 aliphatic heterocycles. The van der Waals surface area contributed by atoms with E-state index in [1.54, 1.807) is 12.1 Å². The average Bonchev–Trinajstić information content (AvgIpc) is 3.13. The number of nitrogens with one attached hydrogen (secondary N) is 2. The van der Waals surface area contributed by atoms with Crippen LogP contribution in [0.3, 0.4) is 0 Å². The number of benzene rings is 1. The number of hydrogen-bond acceptors (Lipinski definition) is 3. The minimum atomic E-state index is -0.371. The van der Waals surface area contributed by atoms with Gasteiger partial charge in [-0.15, -0.1) is 0 Å². The van der Waals surface area contributed by atoms with E-state index in [1.165, 1.54) is 12.1 Å². The van der Waals surface area contributed by atoms with Gasteiger partial charge in [0.1, 0.15) is 5.82 Å².